The number of hydrogen-bond donors (Lipinski definition) is 3. The van der Waals surface area contributed by atoms with Crippen molar-refractivity contribution in [1.29, 1.82) is 0 Å². The second kappa shape index (κ2) is 7.39. The zero-order chi connectivity index (χ0) is 10.9. The van der Waals surface area contributed by atoms with Crippen LogP contribution >= 0.6 is 0 Å². The molecule has 3 N–H and O–H groups in total. The van der Waals surface area contributed by atoms with Crippen LogP contribution in [-0.2, 0) is 11.3 Å². The summed E-state index contributed by atoms with van der Waals surface area (Å²) in [6, 6.07) is 0. The van der Waals surface area contributed by atoms with E-state index in [1.54, 1.807) is 7.11 Å². The van der Waals surface area contributed by atoms with Gasteiger partial charge in [-0.25, -0.2) is 0 Å². The number of nitrogens with one attached hydrogen (secondary N) is 3. The van der Waals surface area contributed by atoms with Gasteiger partial charge in [-0.1, -0.05) is 0 Å². The van der Waals surface area contributed by atoms with E-state index in [1.165, 1.54) is 5.56 Å². The molecule has 0 atom stereocenters. The Morgan fingerprint density at radius 1 is 1.33 bits per heavy atom. The van der Waals surface area contributed by atoms with Gasteiger partial charge in [-0.15, -0.1) is 0 Å². The maximum atomic E-state index is 4.93. The standard InChI is InChI=1S/C10H20N4O/c1-9-10(8-13-14-9)7-12-4-3-11-5-6-15-2/h8,11-12H,3-7H2,1-2H3,(H,13,14). The fourth-order valence-electron chi connectivity index (χ4n) is 1.25. The average molecular weight is 212 g/mol. The van der Waals surface area contributed by atoms with Gasteiger partial charge >= 0.3 is 0 Å². The van der Waals surface area contributed by atoms with E-state index >= 15 is 0 Å². The summed E-state index contributed by atoms with van der Waals surface area (Å²) in [5.74, 6) is 0. The highest BCUT2D eigenvalue weighted by atomic mass is 16.5. The lowest BCUT2D eigenvalue weighted by molar-refractivity contribution is 0.199. The maximum Gasteiger partial charge on any atom is 0.0587 e. The summed E-state index contributed by atoms with van der Waals surface area (Å²) in [7, 11) is 1.71. The number of rotatable bonds is 8. The molecular formula is C10H20N4O. The van der Waals surface area contributed by atoms with Crippen LogP contribution in [0.15, 0.2) is 6.20 Å². The molecule has 0 aliphatic heterocycles. The number of aromatic amines is 1. The second-order valence-corrected chi connectivity index (χ2v) is 3.44. The van der Waals surface area contributed by atoms with E-state index in [1.807, 2.05) is 13.1 Å². The summed E-state index contributed by atoms with van der Waals surface area (Å²) in [6.07, 6.45) is 1.86. The van der Waals surface area contributed by atoms with E-state index in [2.05, 4.69) is 20.8 Å². The van der Waals surface area contributed by atoms with Gasteiger partial charge in [0.15, 0.2) is 0 Å². The fourth-order valence-corrected chi connectivity index (χ4v) is 1.25. The van der Waals surface area contributed by atoms with Crippen molar-refractivity contribution < 1.29 is 4.74 Å². The normalized spacial score (nSPS) is 10.8. The molecule has 1 heterocycles. The highest BCUT2D eigenvalue weighted by molar-refractivity contribution is 5.13. The maximum absolute atomic E-state index is 4.93. The van der Waals surface area contributed by atoms with Crippen LogP contribution in [0, 0.1) is 6.92 Å². The molecule has 0 bridgehead atoms. The molecule has 0 aliphatic carbocycles. The average Bonchev–Trinajstić information content (AvgIpc) is 2.63. The summed E-state index contributed by atoms with van der Waals surface area (Å²) < 4.78 is 4.93. The van der Waals surface area contributed by atoms with Gasteiger partial charge < -0.3 is 15.4 Å². The van der Waals surface area contributed by atoms with Crippen LogP contribution in [0.2, 0.25) is 0 Å². The third-order valence-electron chi connectivity index (χ3n) is 2.21. The first-order valence-electron chi connectivity index (χ1n) is 5.24. The predicted octanol–water partition coefficient (Wildman–Crippen LogP) is 0.0437. The van der Waals surface area contributed by atoms with Crippen LogP contribution in [0.3, 0.4) is 0 Å². The topological polar surface area (TPSA) is 62.0 Å². The molecule has 86 valence electrons. The highest BCUT2D eigenvalue weighted by Gasteiger charge is 1.98. The van der Waals surface area contributed by atoms with Crippen molar-refractivity contribution in [2.24, 2.45) is 0 Å². The van der Waals surface area contributed by atoms with Crippen molar-refractivity contribution in [2.45, 2.75) is 13.5 Å². The van der Waals surface area contributed by atoms with Gasteiger partial charge in [0.25, 0.3) is 0 Å². The van der Waals surface area contributed by atoms with Gasteiger partial charge in [0.2, 0.25) is 0 Å². The molecule has 5 heteroatoms. The number of H-pyrrole nitrogens is 1. The van der Waals surface area contributed by atoms with Gasteiger partial charge in [-0.2, -0.15) is 5.10 Å². The summed E-state index contributed by atoms with van der Waals surface area (Å²) >= 11 is 0. The zero-order valence-electron chi connectivity index (χ0n) is 9.47. The first-order valence-corrected chi connectivity index (χ1v) is 5.24. The molecule has 1 aromatic heterocycles. The first kappa shape index (κ1) is 12.2. The SMILES string of the molecule is COCCNCCNCc1cn[nH]c1C. The molecule has 0 aromatic carbocycles. The van der Waals surface area contributed by atoms with Crippen molar-refractivity contribution in [2.75, 3.05) is 33.4 Å². The molecule has 1 aromatic rings. The molecule has 0 fully saturated rings. The van der Waals surface area contributed by atoms with Crippen molar-refractivity contribution in [3.05, 3.63) is 17.5 Å². The number of aromatic nitrogens is 2. The van der Waals surface area contributed by atoms with Gasteiger partial charge in [0, 0.05) is 44.5 Å². The van der Waals surface area contributed by atoms with Gasteiger partial charge in [0.05, 0.1) is 12.8 Å². The molecule has 5 nitrogen and oxygen atoms in total. The Morgan fingerprint density at radius 2 is 2.13 bits per heavy atom. The summed E-state index contributed by atoms with van der Waals surface area (Å²) in [6.45, 7) is 6.48. The Balaban J connectivity index is 1.96. The quantitative estimate of drug-likeness (QED) is 0.533. The van der Waals surface area contributed by atoms with Gasteiger partial charge in [-0.05, 0) is 6.92 Å². The monoisotopic (exact) mass is 212 g/mol. The molecule has 0 saturated carbocycles. The van der Waals surface area contributed by atoms with Crippen molar-refractivity contribution in [1.82, 2.24) is 20.8 Å². The van der Waals surface area contributed by atoms with Crippen molar-refractivity contribution in [3.63, 3.8) is 0 Å². The molecule has 0 aliphatic rings. The van der Waals surface area contributed by atoms with E-state index in [4.69, 9.17) is 4.74 Å². The first-order chi connectivity index (χ1) is 7.34. The Kier molecular flexibility index (Phi) is 5.99. The van der Waals surface area contributed by atoms with Crippen molar-refractivity contribution >= 4 is 0 Å². The molecular weight excluding hydrogens is 192 g/mol. The van der Waals surface area contributed by atoms with E-state index in [9.17, 15) is 0 Å². The lowest BCUT2D eigenvalue weighted by Crippen LogP contribution is -2.29. The lowest BCUT2D eigenvalue weighted by atomic mass is 10.2. The van der Waals surface area contributed by atoms with Gasteiger partial charge in [-0.3, -0.25) is 5.10 Å². The minimum atomic E-state index is 0.765. The van der Waals surface area contributed by atoms with Crippen LogP contribution in [0.25, 0.3) is 0 Å². The minimum absolute atomic E-state index is 0.765. The van der Waals surface area contributed by atoms with E-state index in [-0.39, 0.29) is 0 Å². The number of hydrogen-bond acceptors (Lipinski definition) is 4. The molecule has 0 spiro atoms. The third kappa shape index (κ3) is 4.92. The number of aryl methyl sites for hydroxylation is 1. The molecule has 0 saturated heterocycles. The Bertz CT molecular complexity index is 262. The second-order valence-electron chi connectivity index (χ2n) is 3.44. The van der Waals surface area contributed by atoms with Crippen LogP contribution in [0.1, 0.15) is 11.3 Å². The summed E-state index contributed by atoms with van der Waals surface area (Å²) in [5, 5.41) is 13.5. The molecule has 15 heavy (non-hydrogen) atoms. The summed E-state index contributed by atoms with van der Waals surface area (Å²) in [4.78, 5) is 0. The largest absolute Gasteiger partial charge is 0.383 e. The van der Waals surface area contributed by atoms with E-state index in [0.717, 1.165) is 38.5 Å². The zero-order valence-corrected chi connectivity index (χ0v) is 9.47. The van der Waals surface area contributed by atoms with E-state index in [0.29, 0.717) is 0 Å². The Hall–Kier alpha value is -0.910. The van der Waals surface area contributed by atoms with Crippen LogP contribution < -0.4 is 10.6 Å². The molecule has 0 amide bonds. The molecule has 1 rings (SSSR count). The van der Waals surface area contributed by atoms with Gasteiger partial charge in [0.1, 0.15) is 0 Å². The predicted molar refractivity (Wildman–Crippen MR) is 59.8 cm³/mol. The molecule has 0 radical (unpaired) electrons. The van der Waals surface area contributed by atoms with Crippen molar-refractivity contribution in [3.8, 4) is 0 Å². The van der Waals surface area contributed by atoms with Crippen LogP contribution in [-0.4, -0.2) is 43.5 Å². The van der Waals surface area contributed by atoms with E-state index < -0.39 is 0 Å². The smallest absolute Gasteiger partial charge is 0.0587 e. The van der Waals surface area contributed by atoms with Crippen LogP contribution in [0.5, 0.6) is 0 Å². The number of nitrogens with zero attached hydrogens (tertiary/aromatic N) is 1. The lowest BCUT2D eigenvalue weighted by Gasteiger charge is -2.05. The Labute approximate surface area is 90.6 Å². The fraction of sp³-hybridized carbons (Fsp3) is 0.700. The molecule has 0 unspecified atom stereocenters. The highest BCUT2D eigenvalue weighted by Crippen LogP contribution is 2.00. The third-order valence-corrected chi connectivity index (χ3v) is 2.21. The Morgan fingerprint density at radius 3 is 2.80 bits per heavy atom. The van der Waals surface area contributed by atoms with Crippen LogP contribution in [0.4, 0.5) is 0 Å². The summed E-state index contributed by atoms with van der Waals surface area (Å²) in [5.41, 5.74) is 2.36. The number of ether oxygens (including phenoxy) is 1. The number of methoxy groups -OCH3 is 1. The minimum Gasteiger partial charge on any atom is -0.383 e.